The van der Waals surface area contributed by atoms with Gasteiger partial charge in [-0.2, -0.15) is 4.80 Å². The topological polar surface area (TPSA) is 92.5 Å². The maximum Gasteiger partial charge on any atom is 0.361 e. The monoisotopic (exact) mass is 453 g/mol. The second kappa shape index (κ2) is 10.2. The number of hydrogen-bond donors (Lipinski definition) is 0. The number of nitrogens with zero attached hydrogens (tertiary/aromatic N) is 3. The number of methoxy groups -OCH3 is 1. The summed E-state index contributed by atoms with van der Waals surface area (Å²) >= 11 is 3.22. The van der Waals surface area contributed by atoms with Crippen LogP contribution < -0.4 is 4.74 Å². The highest BCUT2D eigenvalue weighted by atomic mass is 79.9. The van der Waals surface area contributed by atoms with Crippen LogP contribution in [0, 0.1) is 11.8 Å². The van der Waals surface area contributed by atoms with Crippen molar-refractivity contribution in [3.8, 4) is 5.75 Å². The third kappa shape index (κ3) is 6.05. The first-order chi connectivity index (χ1) is 13.3. The van der Waals surface area contributed by atoms with Gasteiger partial charge in [0, 0.05) is 0 Å². The van der Waals surface area contributed by atoms with E-state index in [0.717, 1.165) is 11.3 Å². The Bertz CT molecular complexity index is 804. The molecule has 2 aromatic rings. The van der Waals surface area contributed by atoms with Gasteiger partial charge in [-0.15, -0.1) is 10.2 Å². The third-order valence-corrected chi connectivity index (χ3v) is 4.76. The van der Waals surface area contributed by atoms with Crippen molar-refractivity contribution >= 4 is 27.9 Å². The Morgan fingerprint density at radius 2 is 1.71 bits per heavy atom. The molecule has 152 valence electrons. The summed E-state index contributed by atoms with van der Waals surface area (Å²) in [6.45, 7) is 6.03. The van der Waals surface area contributed by atoms with Gasteiger partial charge in [-0.05, 0) is 39.5 Å². The van der Waals surface area contributed by atoms with Crippen LogP contribution >= 0.6 is 15.9 Å². The Morgan fingerprint density at radius 1 is 1.07 bits per heavy atom. The summed E-state index contributed by atoms with van der Waals surface area (Å²) in [6.07, 6.45) is 0. The van der Waals surface area contributed by atoms with Crippen LogP contribution in [0.25, 0.3) is 0 Å². The van der Waals surface area contributed by atoms with Gasteiger partial charge in [0.15, 0.2) is 4.60 Å². The van der Waals surface area contributed by atoms with Crippen LogP contribution in [0.4, 0.5) is 0 Å². The SMILES string of the molecule is COc1ccc(Cn2nc(Br)c(C(=O)OCCOC(=O)[C@@H](C)C(C)C)n2)cc1. The molecular formula is C19H24BrN3O5. The van der Waals surface area contributed by atoms with Crippen LogP contribution in [-0.4, -0.2) is 47.3 Å². The first-order valence-corrected chi connectivity index (χ1v) is 9.68. The Kier molecular flexibility index (Phi) is 7.98. The summed E-state index contributed by atoms with van der Waals surface area (Å²) < 4.78 is 15.6. The molecule has 0 aliphatic rings. The van der Waals surface area contributed by atoms with Crippen LogP contribution in [-0.2, 0) is 20.8 Å². The molecule has 0 saturated carbocycles. The minimum atomic E-state index is -0.638. The van der Waals surface area contributed by atoms with E-state index < -0.39 is 5.97 Å². The maximum absolute atomic E-state index is 12.2. The molecule has 0 spiro atoms. The van der Waals surface area contributed by atoms with Crippen molar-refractivity contribution < 1.29 is 23.8 Å². The van der Waals surface area contributed by atoms with Crippen LogP contribution in [0.2, 0.25) is 0 Å². The lowest BCUT2D eigenvalue weighted by Crippen LogP contribution is -2.22. The van der Waals surface area contributed by atoms with Gasteiger partial charge in [-0.1, -0.05) is 32.9 Å². The van der Waals surface area contributed by atoms with Gasteiger partial charge in [0.25, 0.3) is 0 Å². The fraction of sp³-hybridized carbons (Fsp3) is 0.474. The summed E-state index contributed by atoms with van der Waals surface area (Å²) in [7, 11) is 1.60. The number of esters is 2. The molecule has 0 saturated heterocycles. The lowest BCUT2D eigenvalue weighted by molar-refractivity contribution is -0.150. The molecule has 8 nitrogen and oxygen atoms in total. The van der Waals surface area contributed by atoms with Crippen molar-refractivity contribution in [2.45, 2.75) is 27.3 Å². The van der Waals surface area contributed by atoms with Crippen LogP contribution in [0.15, 0.2) is 28.9 Å². The predicted octanol–water partition coefficient (Wildman–Crippen LogP) is 3.09. The Hall–Kier alpha value is -2.42. The van der Waals surface area contributed by atoms with Crippen LogP contribution in [0.5, 0.6) is 5.75 Å². The lowest BCUT2D eigenvalue weighted by atomic mass is 9.99. The van der Waals surface area contributed by atoms with E-state index in [1.54, 1.807) is 14.0 Å². The zero-order valence-corrected chi connectivity index (χ0v) is 17.9. The number of benzene rings is 1. The van der Waals surface area contributed by atoms with Crippen molar-refractivity contribution in [3.05, 3.63) is 40.1 Å². The molecule has 0 amide bonds. The summed E-state index contributed by atoms with van der Waals surface area (Å²) in [6, 6.07) is 7.45. The second-order valence-corrected chi connectivity index (χ2v) is 7.31. The number of halogens is 1. The van der Waals surface area contributed by atoms with Gasteiger partial charge in [0.05, 0.1) is 19.6 Å². The minimum Gasteiger partial charge on any atom is -0.497 e. The minimum absolute atomic E-state index is 0.000756. The van der Waals surface area contributed by atoms with Crippen molar-refractivity contribution in [3.63, 3.8) is 0 Å². The largest absolute Gasteiger partial charge is 0.497 e. The Balaban J connectivity index is 1.86. The average Bonchev–Trinajstić information content (AvgIpc) is 3.04. The maximum atomic E-state index is 12.2. The highest BCUT2D eigenvalue weighted by Crippen LogP contribution is 2.15. The molecule has 1 aromatic heterocycles. The lowest BCUT2D eigenvalue weighted by Gasteiger charge is -2.14. The Labute approximate surface area is 172 Å². The van der Waals surface area contributed by atoms with Crippen molar-refractivity contribution in [1.29, 1.82) is 0 Å². The van der Waals surface area contributed by atoms with Crippen molar-refractivity contribution in [1.82, 2.24) is 15.0 Å². The van der Waals surface area contributed by atoms with Gasteiger partial charge in [0.1, 0.15) is 19.0 Å². The van der Waals surface area contributed by atoms with E-state index in [1.165, 1.54) is 4.80 Å². The first-order valence-electron chi connectivity index (χ1n) is 8.89. The zero-order chi connectivity index (χ0) is 20.7. The highest BCUT2D eigenvalue weighted by Gasteiger charge is 2.20. The summed E-state index contributed by atoms with van der Waals surface area (Å²) in [4.78, 5) is 25.3. The highest BCUT2D eigenvalue weighted by molar-refractivity contribution is 9.10. The summed E-state index contributed by atoms with van der Waals surface area (Å²) in [5.74, 6) is -0.209. The summed E-state index contributed by atoms with van der Waals surface area (Å²) in [5, 5.41) is 8.33. The molecule has 0 unspecified atom stereocenters. The van der Waals surface area contributed by atoms with E-state index in [4.69, 9.17) is 14.2 Å². The average molecular weight is 454 g/mol. The third-order valence-electron chi connectivity index (χ3n) is 4.22. The van der Waals surface area contributed by atoms with Crippen LogP contribution in [0.1, 0.15) is 36.8 Å². The molecule has 0 radical (unpaired) electrons. The van der Waals surface area contributed by atoms with Gasteiger partial charge >= 0.3 is 11.9 Å². The quantitative estimate of drug-likeness (QED) is 0.425. The molecule has 1 atom stereocenters. The molecule has 1 heterocycles. The van der Waals surface area contributed by atoms with E-state index >= 15 is 0 Å². The second-order valence-electron chi connectivity index (χ2n) is 6.55. The molecule has 0 bridgehead atoms. The number of carbonyl (C=O) groups excluding carboxylic acids is 2. The molecule has 28 heavy (non-hydrogen) atoms. The smallest absolute Gasteiger partial charge is 0.361 e. The first kappa shape index (κ1) is 21.9. The van der Waals surface area contributed by atoms with Crippen molar-refractivity contribution in [2.24, 2.45) is 11.8 Å². The molecular weight excluding hydrogens is 430 g/mol. The number of carbonyl (C=O) groups is 2. The molecule has 0 fully saturated rings. The number of hydrogen-bond acceptors (Lipinski definition) is 7. The molecule has 1 aromatic carbocycles. The normalized spacial score (nSPS) is 11.9. The fourth-order valence-corrected chi connectivity index (χ4v) is 2.59. The standard InChI is InChI=1S/C19H24BrN3O5/c1-12(2)13(3)18(24)27-9-10-28-19(25)16-17(20)22-23(21-16)11-14-5-7-15(26-4)8-6-14/h5-8,12-13H,9-11H2,1-4H3/t13-/m0/s1. The summed E-state index contributed by atoms with van der Waals surface area (Å²) in [5.41, 5.74) is 1.02. The van der Waals surface area contributed by atoms with E-state index in [0.29, 0.717) is 6.54 Å². The van der Waals surface area contributed by atoms with E-state index in [1.807, 2.05) is 38.1 Å². The Morgan fingerprint density at radius 3 is 2.32 bits per heavy atom. The van der Waals surface area contributed by atoms with E-state index in [9.17, 15) is 9.59 Å². The number of rotatable bonds is 9. The number of ether oxygens (including phenoxy) is 3. The molecule has 2 rings (SSSR count). The molecule has 0 aliphatic carbocycles. The molecule has 9 heteroatoms. The predicted molar refractivity (Wildman–Crippen MR) is 105 cm³/mol. The molecule has 0 aliphatic heterocycles. The van der Waals surface area contributed by atoms with Gasteiger partial charge in [0.2, 0.25) is 5.69 Å². The van der Waals surface area contributed by atoms with Gasteiger partial charge < -0.3 is 14.2 Å². The number of aromatic nitrogens is 3. The van der Waals surface area contributed by atoms with E-state index in [-0.39, 0.29) is 41.3 Å². The van der Waals surface area contributed by atoms with Gasteiger partial charge in [-0.25, -0.2) is 4.79 Å². The molecule has 0 N–H and O–H groups in total. The zero-order valence-electron chi connectivity index (χ0n) is 16.3. The van der Waals surface area contributed by atoms with Crippen molar-refractivity contribution in [2.75, 3.05) is 20.3 Å². The van der Waals surface area contributed by atoms with E-state index in [2.05, 4.69) is 26.1 Å². The fourth-order valence-electron chi connectivity index (χ4n) is 2.17. The van der Waals surface area contributed by atoms with Gasteiger partial charge in [-0.3, -0.25) is 4.79 Å². The van der Waals surface area contributed by atoms with Crippen LogP contribution in [0.3, 0.4) is 0 Å².